The van der Waals surface area contributed by atoms with Crippen molar-refractivity contribution in [3.05, 3.63) is 22.7 Å². The lowest BCUT2D eigenvalue weighted by Gasteiger charge is -2.16. The summed E-state index contributed by atoms with van der Waals surface area (Å²) in [5, 5.41) is 0. The van der Waals surface area contributed by atoms with E-state index in [-0.39, 0.29) is 18.5 Å². The quantitative estimate of drug-likeness (QED) is 0.584. The molecular weight excluding hydrogens is 214 g/mol. The van der Waals surface area contributed by atoms with Crippen LogP contribution in [0.3, 0.4) is 0 Å². The first-order chi connectivity index (χ1) is 7.30. The minimum absolute atomic E-state index is 0.142. The van der Waals surface area contributed by atoms with Gasteiger partial charge in [0.25, 0.3) is 0 Å². The van der Waals surface area contributed by atoms with Gasteiger partial charge in [-0.1, -0.05) is 0 Å². The van der Waals surface area contributed by atoms with Gasteiger partial charge in [-0.2, -0.15) is 4.98 Å². The van der Waals surface area contributed by atoms with E-state index in [0.717, 1.165) is 0 Å². The molecule has 1 aromatic heterocycles. The maximum absolute atomic E-state index is 11.4. The molecule has 0 radical (unpaired) electrons. The van der Waals surface area contributed by atoms with E-state index in [1.54, 1.807) is 20.8 Å². The minimum Gasteiger partial charge on any atom is -0.443 e. The fraction of sp³-hybridized carbons (Fsp3) is 0.500. The molecule has 0 atom stereocenters. The number of nitrogen functional groups attached to an aromatic ring is 1. The summed E-state index contributed by atoms with van der Waals surface area (Å²) in [6.45, 7) is 5.06. The Morgan fingerprint density at radius 3 is 2.69 bits per heavy atom. The first-order valence-electron chi connectivity index (χ1n) is 4.81. The number of rotatable bonds is 2. The summed E-state index contributed by atoms with van der Waals surface area (Å²) in [6, 6.07) is 1.46. The molecule has 0 saturated heterocycles. The monoisotopic (exact) mass is 229 g/mol. The maximum atomic E-state index is 11.4. The minimum atomic E-state index is -0.592. The van der Waals surface area contributed by atoms with Gasteiger partial charge >= 0.3 is 11.7 Å². The van der Waals surface area contributed by atoms with Crippen molar-refractivity contribution in [2.24, 2.45) is 5.41 Å². The Morgan fingerprint density at radius 1 is 1.56 bits per heavy atom. The van der Waals surface area contributed by atoms with E-state index in [0.29, 0.717) is 0 Å². The number of hydrogen-bond acceptors (Lipinski definition) is 5. The average molecular weight is 229 g/mol. The second-order valence-corrected chi connectivity index (χ2v) is 4.42. The summed E-state index contributed by atoms with van der Waals surface area (Å²) < 4.78 is 6.12. The van der Waals surface area contributed by atoms with Gasteiger partial charge in [0, 0.05) is 6.20 Å². The number of aromatic nitrogens is 2. The predicted octanol–water partition coefficient (Wildman–Crippen LogP) is 0.372. The van der Waals surface area contributed by atoms with Crippen molar-refractivity contribution >= 4 is 11.8 Å². The number of anilines is 1. The topological polar surface area (TPSA) is 87.2 Å². The lowest BCUT2D eigenvalue weighted by Crippen LogP contribution is -2.29. The van der Waals surface area contributed by atoms with E-state index in [9.17, 15) is 9.59 Å². The third-order valence-electron chi connectivity index (χ3n) is 1.84. The fourth-order valence-electron chi connectivity index (χ4n) is 0.885. The Morgan fingerprint density at radius 2 is 2.19 bits per heavy atom. The number of carbonyl (C=O) groups is 1. The molecule has 0 saturated carbocycles. The van der Waals surface area contributed by atoms with Crippen LogP contribution in [0.25, 0.3) is 0 Å². The van der Waals surface area contributed by atoms with E-state index in [4.69, 9.17) is 10.5 Å². The zero-order valence-electron chi connectivity index (χ0n) is 9.56. The van der Waals surface area contributed by atoms with Crippen LogP contribution in [-0.4, -0.2) is 15.5 Å². The summed E-state index contributed by atoms with van der Waals surface area (Å²) in [5.41, 5.74) is 4.19. The molecule has 6 nitrogen and oxygen atoms in total. The van der Waals surface area contributed by atoms with Crippen molar-refractivity contribution < 1.29 is 9.53 Å². The highest BCUT2D eigenvalue weighted by molar-refractivity contribution is 5.75. The number of nitrogens with zero attached hydrogens (tertiary/aromatic N) is 2. The number of nitrogens with two attached hydrogens (primary N) is 1. The second kappa shape index (κ2) is 4.34. The van der Waals surface area contributed by atoms with Crippen LogP contribution in [0.1, 0.15) is 20.8 Å². The third-order valence-corrected chi connectivity index (χ3v) is 1.84. The molecule has 0 unspecified atom stereocenters. The Bertz CT molecular complexity index is 445. The zero-order chi connectivity index (χ0) is 12.3. The summed E-state index contributed by atoms with van der Waals surface area (Å²) in [7, 11) is 0. The summed E-state index contributed by atoms with van der Waals surface area (Å²) in [4.78, 5) is 26.2. The van der Waals surface area contributed by atoms with Crippen LogP contribution in [0.5, 0.6) is 0 Å². The van der Waals surface area contributed by atoms with Crippen molar-refractivity contribution in [2.75, 3.05) is 5.73 Å². The largest absolute Gasteiger partial charge is 0.443 e. The molecule has 0 fully saturated rings. The molecule has 0 aliphatic heterocycles. The fourth-order valence-corrected chi connectivity index (χ4v) is 0.885. The number of ether oxygens (including phenoxy) is 1. The van der Waals surface area contributed by atoms with Gasteiger partial charge in [-0.3, -0.25) is 9.36 Å². The van der Waals surface area contributed by atoms with Gasteiger partial charge < -0.3 is 10.5 Å². The lowest BCUT2D eigenvalue weighted by molar-refractivity contribution is -0.157. The van der Waals surface area contributed by atoms with Gasteiger partial charge in [0.05, 0.1) is 5.41 Å². The highest BCUT2D eigenvalue weighted by Crippen LogP contribution is 2.15. The lowest BCUT2D eigenvalue weighted by atomic mass is 9.98. The molecule has 1 heterocycles. The molecule has 0 bridgehead atoms. The van der Waals surface area contributed by atoms with E-state index >= 15 is 0 Å². The summed E-state index contributed by atoms with van der Waals surface area (Å²) in [6.07, 6.45) is 1.43. The Balaban J connectivity index is 2.69. The number of esters is 1. The van der Waals surface area contributed by atoms with Crippen molar-refractivity contribution in [1.82, 2.24) is 9.55 Å². The van der Waals surface area contributed by atoms with Crippen LogP contribution in [0.4, 0.5) is 5.82 Å². The summed E-state index contributed by atoms with van der Waals surface area (Å²) >= 11 is 0. The molecule has 0 spiro atoms. The molecule has 16 heavy (non-hydrogen) atoms. The van der Waals surface area contributed by atoms with Crippen LogP contribution in [-0.2, 0) is 16.3 Å². The Kier molecular flexibility index (Phi) is 3.31. The maximum Gasteiger partial charge on any atom is 0.352 e. The molecule has 2 N–H and O–H groups in total. The van der Waals surface area contributed by atoms with Gasteiger partial charge in [0.1, 0.15) is 5.82 Å². The molecule has 0 aliphatic rings. The van der Waals surface area contributed by atoms with Crippen molar-refractivity contribution in [1.29, 1.82) is 0 Å². The van der Waals surface area contributed by atoms with Gasteiger partial charge in [-0.15, -0.1) is 0 Å². The smallest absolute Gasteiger partial charge is 0.352 e. The zero-order valence-corrected chi connectivity index (χ0v) is 9.56. The van der Waals surface area contributed by atoms with E-state index in [1.807, 2.05) is 0 Å². The molecule has 88 valence electrons. The second-order valence-electron chi connectivity index (χ2n) is 4.42. The SMILES string of the molecule is CC(C)(C)C(=O)OC[15n]1[13cH]cc([15NH2])[15n]c1=O. The van der Waals surface area contributed by atoms with Crippen molar-refractivity contribution in [3.8, 4) is 0 Å². The molecule has 1 aromatic rings. The standard InChI is InChI=1S/C10H15N3O3/c1-10(2,3)8(14)16-6-13-5-4-7(11)12-9(13)15/h4-5H,6H2,1-3H3,(H2,11,12,15)/i5+1,11+1,12+1,13+1. The van der Waals surface area contributed by atoms with Crippen LogP contribution in [0, 0.1) is 5.41 Å². The van der Waals surface area contributed by atoms with Crippen LogP contribution < -0.4 is 11.4 Å². The molecule has 0 aliphatic carbocycles. The Labute approximate surface area is 93.0 Å². The third kappa shape index (κ3) is 3.08. The van der Waals surface area contributed by atoms with Gasteiger partial charge in [0.15, 0.2) is 6.73 Å². The molecule has 1 rings (SSSR count). The van der Waals surface area contributed by atoms with Gasteiger partial charge in [-0.05, 0) is 26.8 Å². The normalized spacial score (nSPS) is 11.2. The highest BCUT2D eigenvalue weighted by Gasteiger charge is 2.23. The predicted molar refractivity (Wildman–Crippen MR) is 58.5 cm³/mol. The van der Waals surface area contributed by atoms with Gasteiger partial charge in [0.2, 0.25) is 0 Å². The van der Waals surface area contributed by atoms with E-state index < -0.39 is 11.1 Å². The molecular formula is C10H15N3O3. The average Bonchev–Trinajstić information content (AvgIpc) is 2.14. The highest BCUT2D eigenvalue weighted by atomic mass is 16.6. The van der Waals surface area contributed by atoms with E-state index in [1.165, 1.54) is 16.8 Å². The van der Waals surface area contributed by atoms with Crippen LogP contribution >= 0.6 is 0 Å². The number of carbonyl (C=O) groups excluding carboxylic acids is 1. The molecule has 6 heteroatoms. The van der Waals surface area contributed by atoms with E-state index in [2.05, 4.69) is 4.98 Å². The Hall–Kier alpha value is -1.85. The van der Waals surface area contributed by atoms with Crippen molar-refractivity contribution in [2.45, 2.75) is 27.5 Å². The van der Waals surface area contributed by atoms with Crippen LogP contribution in [0.2, 0.25) is 0 Å². The van der Waals surface area contributed by atoms with Crippen molar-refractivity contribution in [3.63, 3.8) is 0 Å². The number of hydrogen-bond donors (Lipinski definition) is 1. The molecule has 0 aromatic carbocycles. The van der Waals surface area contributed by atoms with Gasteiger partial charge in [-0.25, -0.2) is 4.79 Å². The van der Waals surface area contributed by atoms with Crippen LogP contribution in [0.15, 0.2) is 17.1 Å². The first-order valence-corrected chi connectivity index (χ1v) is 4.81. The first kappa shape index (κ1) is 12.2. The summed E-state index contributed by atoms with van der Waals surface area (Å²) in [5.74, 6) is -0.236. The molecule has 0 amide bonds.